The molecule has 0 aliphatic rings. The van der Waals surface area contributed by atoms with Gasteiger partial charge in [-0.15, -0.1) is 0 Å². The van der Waals surface area contributed by atoms with Crippen molar-refractivity contribution in [3.63, 3.8) is 0 Å². The van der Waals surface area contributed by atoms with Crippen molar-refractivity contribution in [2.75, 3.05) is 6.54 Å². The largest absolute Gasteiger partial charge is 0.240 e. The van der Waals surface area contributed by atoms with Crippen LogP contribution in [-0.4, -0.2) is 15.0 Å². The second-order valence-electron chi connectivity index (χ2n) is 5.17. The van der Waals surface area contributed by atoms with Crippen LogP contribution in [0.4, 0.5) is 0 Å². The highest BCUT2D eigenvalue weighted by molar-refractivity contribution is 7.89. The van der Waals surface area contributed by atoms with Crippen LogP contribution in [0.25, 0.3) is 0 Å². The Kier molecular flexibility index (Phi) is 6.00. The summed E-state index contributed by atoms with van der Waals surface area (Å²) in [4.78, 5) is 0.309. The minimum Gasteiger partial charge on any atom is -0.211 e. The van der Waals surface area contributed by atoms with Crippen molar-refractivity contribution in [3.05, 3.63) is 64.7 Å². The maximum Gasteiger partial charge on any atom is 0.240 e. The first-order chi connectivity index (χ1) is 10.5. The second kappa shape index (κ2) is 7.77. The molecule has 22 heavy (non-hydrogen) atoms. The third-order valence-corrected chi connectivity index (χ3v) is 5.12. The van der Waals surface area contributed by atoms with Gasteiger partial charge in [-0.25, -0.2) is 13.1 Å². The first kappa shape index (κ1) is 17.0. The van der Waals surface area contributed by atoms with E-state index in [1.807, 2.05) is 24.3 Å². The van der Waals surface area contributed by atoms with E-state index in [9.17, 15) is 8.42 Å². The maximum atomic E-state index is 12.2. The van der Waals surface area contributed by atoms with E-state index in [0.29, 0.717) is 22.9 Å². The molecule has 0 radical (unpaired) electrons. The topological polar surface area (TPSA) is 46.2 Å². The number of aryl methyl sites for hydroxylation is 1. The molecule has 1 N–H and O–H groups in total. The van der Waals surface area contributed by atoms with Gasteiger partial charge < -0.3 is 0 Å². The van der Waals surface area contributed by atoms with E-state index in [1.54, 1.807) is 24.3 Å². The molecule has 0 saturated heterocycles. The van der Waals surface area contributed by atoms with Crippen molar-refractivity contribution < 1.29 is 8.42 Å². The van der Waals surface area contributed by atoms with Gasteiger partial charge in [0, 0.05) is 11.6 Å². The highest BCUT2D eigenvalue weighted by Crippen LogP contribution is 2.13. The minimum absolute atomic E-state index is 0.309. The average molecular weight is 338 g/mol. The van der Waals surface area contributed by atoms with Crippen molar-refractivity contribution in [2.24, 2.45) is 0 Å². The fraction of sp³-hybridized carbons (Fsp3) is 0.294. The van der Waals surface area contributed by atoms with Crippen molar-refractivity contribution in [2.45, 2.75) is 31.1 Å². The molecule has 0 aliphatic carbocycles. The monoisotopic (exact) mass is 337 g/mol. The third-order valence-electron chi connectivity index (χ3n) is 3.39. The summed E-state index contributed by atoms with van der Waals surface area (Å²) in [7, 11) is -3.45. The predicted molar refractivity (Wildman–Crippen MR) is 90.8 cm³/mol. The quantitative estimate of drug-likeness (QED) is 0.835. The Hall–Kier alpha value is -1.36. The highest BCUT2D eigenvalue weighted by atomic mass is 35.5. The first-order valence-corrected chi connectivity index (χ1v) is 9.20. The number of benzene rings is 2. The molecule has 2 rings (SSSR count). The number of sulfonamides is 1. The van der Waals surface area contributed by atoms with Crippen molar-refractivity contribution >= 4 is 21.6 Å². The summed E-state index contributed by atoms with van der Waals surface area (Å²) < 4.78 is 27.1. The van der Waals surface area contributed by atoms with Gasteiger partial charge in [0.1, 0.15) is 0 Å². The molecule has 0 fully saturated rings. The lowest BCUT2D eigenvalue weighted by Gasteiger charge is -2.08. The van der Waals surface area contributed by atoms with Crippen LogP contribution in [-0.2, 0) is 22.9 Å². The Bertz CT molecular complexity index is 694. The highest BCUT2D eigenvalue weighted by Gasteiger charge is 2.12. The van der Waals surface area contributed by atoms with Crippen LogP contribution < -0.4 is 4.72 Å². The molecular weight excluding hydrogens is 318 g/mol. The second-order valence-corrected chi connectivity index (χ2v) is 7.37. The number of hydrogen-bond donors (Lipinski definition) is 1. The van der Waals surface area contributed by atoms with Gasteiger partial charge in [-0.05, 0) is 48.2 Å². The fourth-order valence-corrected chi connectivity index (χ4v) is 3.35. The molecule has 0 heterocycles. The van der Waals surface area contributed by atoms with Crippen LogP contribution in [0.5, 0.6) is 0 Å². The summed E-state index contributed by atoms with van der Waals surface area (Å²) in [6, 6.07) is 14.5. The molecule has 5 heteroatoms. The first-order valence-electron chi connectivity index (χ1n) is 7.34. The Balaban J connectivity index is 1.94. The summed E-state index contributed by atoms with van der Waals surface area (Å²) in [5.74, 6) is 0. The molecule has 2 aromatic carbocycles. The molecule has 2 aromatic rings. The van der Waals surface area contributed by atoms with Gasteiger partial charge in [-0.2, -0.15) is 0 Å². The zero-order valence-corrected chi connectivity index (χ0v) is 14.1. The summed E-state index contributed by atoms with van der Waals surface area (Å²) in [6.45, 7) is 2.46. The van der Waals surface area contributed by atoms with Gasteiger partial charge in [0.15, 0.2) is 0 Å². The Morgan fingerprint density at radius 1 is 0.909 bits per heavy atom. The fourth-order valence-electron chi connectivity index (χ4n) is 2.19. The van der Waals surface area contributed by atoms with Crippen molar-refractivity contribution in [1.82, 2.24) is 4.72 Å². The van der Waals surface area contributed by atoms with E-state index >= 15 is 0 Å². The van der Waals surface area contributed by atoms with E-state index in [2.05, 4.69) is 11.6 Å². The molecule has 0 amide bonds. The number of rotatable bonds is 7. The average Bonchev–Trinajstić information content (AvgIpc) is 2.50. The number of halogens is 1. The van der Waals surface area contributed by atoms with Crippen LogP contribution in [0, 0.1) is 0 Å². The molecule has 0 spiro atoms. The summed E-state index contributed by atoms with van der Waals surface area (Å²) in [6.07, 6.45) is 2.64. The summed E-state index contributed by atoms with van der Waals surface area (Å²) in [5, 5.41) is 0.677. The lowest BCUT2D eigenvalue weighted by Crippen LogP contribution is -2.26. The third kappa shape index (κ3) is 4.83. The molecule has 0 aromatic heterocycles. The Morgan fingerprint density at radius 2 is 1.45 bits per heavy atom. The standard InChI is InChI=1S/C17H20ClNO2S/c1-2-3-14-6-10-17(11-7-14)22(20,21)19-13-12-15-4-8-16(18)9-5-15/h4-11,19H,2-3,12-13H2,1H3. The summed E-state index contributed by atoms with van der Waals surface area (Å²) >= 11 is 5.82. The molecule has 3 nitrogen and oxygen atoms in total. The van der Waals surface area contributed by atoms with Crippen LogP contribution in [0.2, 0.25) is 5.02 Å². The maximum absolute atomic E-state index is 12.2. The van der Waals surface area contributed by atoms with E-state index in [0.717, 1.165) is 24.0 Å². The van der Waals surface area contributed by atoms with Gasteiger partial charge in [-0.1, -0.05) is 49.2 Å². The Morgan fingerprint density at radius 3 is 2.05 bits per heavy atom. The number of nitrogens with one attached hydrogen (secondary N) is 1. The molecule has 0 unspecified atom stereocenters. The van der Waals surface area contributed by atoms with Crippen LogP contribution in [0.3, 0.4) is 0 Å². The summed E-state index contributed by atoms with van der Waals surface area (Å²) in [5.41, 5.74) is 2.20. The van der Waals surface area contributed by atoms with Crippen LogP contribution in [0.1, 0.15) is 24.5 Å². The lowest BCUT2D eigenvalue weighted by atomic mass is 10.1. The SMILES string of the molecule is CCCc1ccc(S(=O)(=O)NCCc2ccc(Cl)cc2)cc1. The van der Waals surface area contributed by atoms with E-state index < -0.39 is 10.0 Å². The molecule has 0 saturated carbocycles. The van der Waals surface area contributed by atoms with Gasteiger partial charge in [0.25, 0.3) is 0 Å². The molecule has 118 valence electrons. The molecule has 0 atom stereocenters. The van der Waals surface area contributed by atoms with Gasteiger partial charge in [0.05, 0.1) is 4.90 Å². The number of hydrogen-bond acceptors (Lipinski definition) is 2. The zero-order chi connectivity index (χ0) is 16.0. The van der Waals surface area contributed by atoms with Crippen molar-refractivity contribution in [3.8, 4) is 0 Å². The van der Waals surface area contributed by atoms with Crippen LogP contribution in [0.15, 0.2) is 53.4 Å². The molecule has 0 bridgehead atoms. The van der Waals surface area contributed by atoms with Gasteiger partial charge in [-0.3, -0.25) is 0 Å². The predicted octanol–water partition coefficient (Wildman–Crippen LogP) is 3.81. The van der Waals surface area contributed by atoms with E-state index in [4.69, 9.17) is 11.6 Å². The van der Waals surface area contributed by atoms with Crippen LogP contribution >= 0.6 is 11.6 Å². The minimum atomic E-state index is -3.45. The Labute approximate surface area is 137 Å². The van der Waals surface area contributed by atoms with Gasteiger partial charge >= 0.3 is 0 Å². The zero-order valence-electron chi connectivity index (χ0n) is 12.5. The van der Waals surface area contributed by atoms with E-state index in [-0.39, 0.29) is 0 Å². The molecular formula is C17H20ClNO2S. The molecule has 0 aliphatic heterocycles. The van der Waals surface area contributed by atoms with Crippen molar-refractivity contribution in [1.29, 1.82) is 0 Å². The normalized spacial score (nSPS) is 11.5. The van der Waals surface area contributed by atoms with E-state index in [1.165, 1.54) is 0 Å². The lowest BCUT2D eigenvalue weighted by molar-refractivity contribution is 0.581. The van der Waals surface area contributed by atoms with Gasteiger partial charge in [0.2, 0.25) is 10.0 Å². The smallest absolute Gasteiger partial charge is 0.211 e.